The summed E-state index contributed by atoms with van der Waals surface area (Å²) in [7, 11) is 0. The second-order valence-corrected chi connectivity index (χ2v) is 6.81. The quantitative estimate of drug-likeness (QED) is 0.752. The molecule has 0 heterocycles. The van der Waals surface area contributed by atoms with Gasteiger partial charge in [-0.05, 0) is 66.6 Å². The molecule has 0 bridgehead atoms. The van der Waals surface area contributed by atoms with Gasteiger partial charge in [-0.25, -0.2) is 0 Å². The van der Waals surface area contributed by atoms with E-state index in [2.05, 4.69) is 66.9 Å². The number of rotatable bonds is 4. The van der Waals surface area contributed by atoms with Crippen molar-refractivity contribution in [1.29, 1.82) is 0 Å². The summed E-state index contributed by atoms with van der Waals surface area (Å²) in [4.78, 5) is 0. The number of benzene rings is 2. The van der Waals surface area contributed by atoms with E-state index in [9.17, 15) is 0 Å². The fourth-order valence-corrected chi connectivity index (χ4v) is 3.86. The van der Waals surface area contributed by atoms with Crippen molar-refractivity contribution in [3.05, 3.63) is 64.7 Å². The minimum absolute atomic E-state index is 0.314. The number of hydrogen-bond donors (Lipinski definition) is 2. The van der Waals surface area contributed by atoms with E-state index >= 15 is 0 Å². The summed E-state index contributed by atoms with van der Waals surface area (Å²) in [6.07, 6.45) is 5.53. The molecule has 2 aromatic rings. The van der Waals surface area contributed by atoms with Gasteiger partial charge in [0, 0.05) is 5.69 Å². The normalized spacial score (nSPS) is 16.3. The Morgan fingerprint density at radius 3 is 2.46 bits per heavy atom. The van der Waals surface area contributed by atoms with Crippen LogP contribution in [0, 0.1) is 0 Å². The Bertz CT molecular complexity index is 701. The highest BCUT2D eigenvalue weighted by Crippen LogP contribution is 2.30. The topological polar surface area (TPSA) is 24.1 Å². The lowest BCUT2D eigenvalue weighted by molar-refractivity contribution is 0.529. The lowest BCUT2D eigenvalue weighted by atomic mass is 9.88. The van der Waals surface area contributed by atoms with Gasteiger partial charge in [0.25, 0.3) is 0 Å². The first-order valence-corrected chi connectivity index (χ1v) is 9.39. The van der Waals surface area contributed by atoms with Crippen molar-refractivity contribution in [3.63, 3.8) is 0 Å². The lowest BCUT2D eigenvalue weighted by Gasteiger charge is -2.28. The van der Waals surface area contributed by atoms with Crippen LogP contribution >= 0.6 is 12.2 Å². The van der Waals surface area contributed by atoms with Gasteiger partial charge in [0.15, 0.2) is 5.11 Å². The molecule has 0 radical (unpaired) electrons. The average Bonchev–Trinajstić information content (AvgIpc) is 2.62. The van der Waals surface area contributed by atoms with Gasteiger partial charge in [-0.1, -0.05) is 56.3 Å². The first-order valence-electron chi connectivity index (χ1n) is 8.99. The molecule has 0 amide bonds. The molecule has 1 unspecified atom stereocenters. The smallest absolute Gasteiger partial charge is 0.171 e. The zero-order chi connectivity index (χ0) is 16.9. The molecule has 3 heteroatoms. The molecule has 2 nitrogen and oxygen atoms in total. The molecule has 1 aliphatic carbocycles. The Balaban J connectivity index is 1.76. The maximum absolute atomic E-state index is 5.64. The van der Waals surface area contributed by atoms with Crippen molar-refractivity contribution >= 4 is 23.0 Å². The zero-order valence-electron chi connectivity index (χ0n) is 14.6. The third kappa shape index (κ3) is 3.62. The molecule has 2 N–H and O–H groups in total. The number of fused-ring (bicyclic) bond motifs is 1. The largest absolute Gasteiger partial charge is 0.356 e. The molecule has 0 saturated heterocycles. The summed E-state index contributed by atoms with van der Waals surface area (Å²) < 4.78 is 0. The molecule has 0 aliphatic heterocycles. The van der Waals surface area contributed by atoms with E-state index in [0.29, 0.717) is 6.04 Å². The Morgan fingerprint density at radius 1 is 1.04 bits per heavy atom. The summed E-state index contributed by atoms with van der Waals surface area (Å²) in [5, 5.41) is 7.75. The molecule has 0 fully saturated rings. The van der Waals surface area contributed by atoms with Crippen LogP contribution in [0.4, 0.5) is 5.69 Å². The van der Waals surface area contributed by atoms with Crippen LogP contribution in [-0.4, -0.2) is 5.11 Å². The third-order valence-corrected chi connectivity index (χ3v) is 5.13. The first kappa shape index (κ1) is 17.0. The van der Waals surface area contributed by atoms with E-state index in [1.807, 2.05) is 0 Å². The Kier molecular flexibility index (Phi) is 5.52. The molecule has 0 aromatic heterocycles. The number of nitrogens with one attached hydrogen (secondary N) is 2. The monoisotopic (exact) mass is 338 g/mol. The fraction of sp³-hybridized carbons (Fsp3) is 0.381. The van der Waals surface area contributed by atoms with Gasteiger partial charge in [0.2, 0.25) is 0 Å². The number of hydrogen-bond acceptors (Lipinski definition) is 1. The molecular weight excluding hydrogens is 312 g/mol. The van der Waals surface area contributed by atoms with Crippen LogP contribution in [0.3, 0.4) is 0 Å². The molecule has 0 saturated carbocycles. The maximum Gasteiger partial charge on any atom is 0.171 e. The zero-order valence-corrected chi connectivity index (χ0v) is 15.4. The fourth-order valence-electron chi connectivity index (χ4n) is 3.61. The van der Waals surface area contributed by atoms with Crippen molar-refractivity contribution in [2.24, 2.45) is 0 Å². The van der Waals surface area contributed by atoms with Crippen LogP contribution in [-0.2, 0) is 19.3 Å². The standard InChI is InChI=1S/C21H26N2S/c1-3-15-10-7-11-16(4-2)20(15)23-21(24)22-19-14-8-12-17-9-5-6-13-18(17)19/h5-7,9-11,13,19H,3-4,8,12,14H2,1-2H3,(H2,22,23,24). The minimum Gasteiger partial charge on any atom is -0.356 e. The highest BCUT2D eigenvalue weighted by Gasteiger charge is 2.20. The predicted octanol–water partition coefficient (Wildman–Crippen LogP) is 5.18. The Morgan fingerprint density at radius 2 is 1.75 bits per heavy atom. The van der Waals surface area contributed by atoms with Gasteiger partial charge in [0.05, 0.1) is 6.04 Å². The van der Waals surface area contributed by atoms with Gasteiger partial charge in [-0.15, -0.1) is 0 Å². The van der Waals surface area contributed by atoms with E-state index < -0.39 is 0 Å². The van der Waals surface area contributed by atoms with Crippen molar-refractivity contribution in [2.75, 3.05) is 5.32 Å². The average molecular weight is 339 g/mol. The Hall–Kier alpha value is -1.87. The maximum atomic E-state index is 5.64. The lowest BCUT2D eigenvalue weighted by Crippen LogP contribution is -2.34. The summed E-state index contributed by atoms with van der Waals surface area (Å²) >= 11 is 5.64. The van der Waals surface area contributed by atoms with Gasteiger partial charge >= 0.3 is 0 Å². The number of aryl methyl sites for hydroxylation is 3. The van der Waals surface area contributed by atoms with Crippen molar-refractivity contribution < 1.29 is 0 Å². The highest BCUT2D eigenvalue weighted by molar-refractivity contribution is 7.80. The minimum atomic E-state index is 0.314. The summed E-state index contributed by atoms with van der Waals surface area (Å²) in [5.74, 6) is 0. The SMILES string of the molecule is CCc1cccc(CC)c1NC(=S)NC1CCCc2ccccc21. The van der Waals surface area contributed by atoms with Crippen LogP contribution in [0.15, 0.2) is 42.5 Å². The van der Waals surface area contributed by atoms with Crippen LogP contribution in [0.5, 0.6) is 0 Å². The van der Waals surface area contributed by atoms with Crippen LogP contribution in [0.25, 0.3) is 0 Å². The van der Waals surface area contributed by atoms with Gasteiger partial charge in [-0.2, -0.15) is 0 Å². The molecule has 0 spiro atoms. The number of para-hydroxylation sites is 1. The van der Waals surface area contributed by atoms with Crippen molar-refractivity contribution in [2.45, 2.75) is 52.0 Å². The molecular formula is C21H26N2S. The highest BCUT2D eigenvalue weighted by atomic mass is 32.1. The summed E-state index contributed by atoms with van der Waals surface area (Å²) in [6.45, 7) is 4.38. The number of anilines is 1. The van der Waals surface area contributed by atoms with Crippen LogP contribution in [0.2, 0.25) is 0 Å². The second kappa shape index (κ2) is 7.80. The predicted molar refractivity (Wildman–Crippen MR) is 107 cm³/mol. The molecule has 126 valence electrons. The second-order valence-electron chi connectivity index (χ2n) is 6.40. The van der Waals surface area contributed by atoms with Crippen molar-refractivity contribution in [1.82, 2.24) is 5.32 Å². The van der Waals surface area contributed by atoms with Gasteiger partial charge < -0.3 is 10.6 Å². The molecule has 1 aliphatic rings. The van der Waals surface area contributed by atoms with Crippen LogP contribution in [0.1, 0.15) is 55.0 Å². The Labute approximate surface area is 150 Å². The molecule has 24 heavy (non-hydrogen) atoms. The first-order chi connectivity index (χ1) is 11.7. The summed E-state index contributed by atoms with van der Waals surface area (Å²) in [5.41, 5.74) is 6.67. The summed E-state index contributed by atoms with van der Waals surface area (Å²) in [6, 6.07) is 15.5. The molecule has 1 atom stereocenters. The van der Waals surface area contributed by atoms with E-state index in [1.54, 1.807) is 0 Å². The van der Waals surface area contributed by atoms with Crippen molar-refractivity contribution in [3.8, 4) is 0 Å². The third-order valence-electron chi connectivity index (χ3n) is 4.91. The number of thiocarbonyl (C=S) groups is 1. The molecule has 3 rings (SSSR count). The van der Waals surface area contributed by atoms with E-state index in [0.717, 1.165) is 24.4 Å². The van der Waals surface area contributed by atoms with E-state index in [4.69, 9.17) is 12.2 Å². The van der Waals surface area contributed by atoms with E-state index in [-0.39, 0.29) is 0 Å². The van der Waals surface area contributed by atoms with E-state index in [1.165, 1.54) is 40.8 Å². The molecule has 2 aromatic carbocycles. The van der Waals surface area contributed by atoms with Gasteiger partial charge in [-0.3, -0.25) is 0 Å². The van der Waals surface area contributed by atoms with Gasteiger partial charge in [0.1, 0.15) is 0 Å². The van der Waals surface area contributed by atoms with Crippen LogP contribution < -0.4 is 10.6 Å².